The minimum atomic E-state index is -0.722. The van der Waals surface area contributed by atoms with Gasteiger partial charge in [-0.25, -0.2) is 8.78 Å². The van der Waals surface area contributed by atoms with Gasteiger partial charge in [-0.1, -0.05) is 24.3 Å². The molecule has 0 bridgehead atoms. The maximum absolute atomic E-state index is 13.7. The molecule has 0 spiro atoms. The Balaban J connectivity index is 2.17. The van der Waals surface area contributed by atoms with E-state index in [1.54, 1.807) is 37.3 Å². The molecule has 2 rings (SSSR count). The number of nitrogens with one attached hydrogen (secondary N) is 1. The topological polar surface area (TPSA) is 32.3 Å². The number of anilines is 1. The second kappa shape index (κ2) is 6.01. The van der Waals surface area contributed by atoms with Crippen LogP contribution in [0.25, 0.3) is 0 Å². The molecule has 20 heavy (non-hydrogen) atoms. The molecular formula is C16H17F2NO. The Hall–Kier alpha value is -1.94. The van der Waals surface area contributed by atoms with Crippen LogP contribution in [-0.4, -0.2) is 17.3 Å². The van der Waals surface area contributed by atoms with Gasteiger partial charge in [0, 0.05) is 0 Å². The van der Waals surface area contributed by atoms with Crippen molar-refractivity contribution in [2.24, 2.45) is 0 Å². The summed E-state index contributed by atoms with van der Waals surface area (Å²) in [6, 6.07) is 12.4. The highest BCUT2D eigenvalue weighted by Gasteiger charge is 2.24. The van der Waals surface area contributed by atoms with Crippen LogP contribution in [0.15, 0.2) is 48.5 Å². The standard InChI is InChI=1S/C16H17F2NO/c1-16(11-20,10-12-6-8-13(17)9-7-12)19-15-5-3-2-4-14(15)18/h2-9,19-20H,10-11H2,1H3. The first-order valence-corrected chi connectivity index (χ1v) is 6.40. The SMILES string of the molecule is CC(CO)(Cc1ccc(F)cc1)Nc1ccccc1F. The molecule has 0 aliphatic rings. The molecule has 1 atom stereocenters. The Morgan fingerprint density at radius 2 is 1.70 bits per heavy atom. The molecule has 0 aliphatic carbocycles. The number of benzene rings is 2. The van der Waals surface area contributed by atoms with Gasteiger partial charge < -0.3 is 10.4 Å². The second-order valence-corrected chi connectivity index (χ2v) is 5.13. The van der Waals surface area contributed by atoms with Gasteiger partial charge in [0.05, 0.1) is 17.8 Å². The highest BCUT2D eigenvalue weighted by atomic mass is 19.1. The highest BCUT2D eigenvalue weighted by molar-refractivity contribution is 5.47. The van der Waals surface area contributed by atoms with Crippen molar-refractivity contribution in [3.63, 3.8) is 0 Å². The zero-order valence-corrected chi connectivity index (χ0v) is 11.2. The molecule has 0 aliphatic heterocycles. The molecule has 0 fully saturated rings. The second-order valence-electron chi connectivity index (χ2n) is 5.13. The van der Waals surface area contributed by atoms with Gasteiger partial charge >= 0.3 is 0 Å². The molecule has 0 radical (unpaired) electrons. The fourth-order valence-electron chi connectivity index (χ4n) is 2.08. The minimum Gasteiger partial charge on any atom is -0.394 e. The number of halogens is 2. The zero-order valence-electron chi connectivity index (χ0n) is 11.2. The number of rotatable bonds is 5. The predicted molar refractivity (Wildman–Crippen MR) is 75.6 cm³/mol. The molecule has 4 heteroatoms. The van der Waals surface area contributed by atoms with Gasteiger partial charge in [0.1, 0.15) is 11.6 Å². The number of hydrogen-bond acceptors (Lipinski definition) is 2. The highest BCUT2D eigenvalue weighted by Crippen LogP contribution is 2.22. The predicted octanol–water partition coefficient (Wildman–Crippen LogP) is 3.37. The lowest BCUT2D eigenvalue weighted by Gasteiger charge is -2.30. The van der Waals surface area contributed by atoms with Gasteiger partial charge in [-0.3, -0.25) is 0 Å². The molecule has 2 aromatic rings. The van der Waals surface area contributed by atoms with Crippen LogP contribution in [0.4, 0.5) is 14.5 Å². The van der Waals surface area contributed by atoms with Gasteiger partial charge in [0.25, 0.3) is 0 Å². The van der Waals surface area contributed by atoms with Crippen molar-refractivity contribution in [3.05, 3.63) is 65.7 Å². The summed E-state index contributed by atoms with van der Waals surface area (Å²) in [5, 5.41) is 12.6. The largest absolute Gasteiger partial charge is 0.394 e. The summed E-state index contributed by atoms with van der Waals surface area (Å²) in [6.07, 6.45) is 0.456. The Morgan fingerprint density at radius 1 is 1.05 bits per heavy atom. The quantitative estimate of drug-likeness (QED) is 0.878. The monoisotopic (exact) mass is 277 g/mol. The van der Waals surface area contributed by atoms with Crippen molar-refractivity contribution in [1.82, 2.24) is 0 Å². The van der Waals surface area contributed by atoms with Gasteiger partial charge in [-0.05, 0) is 43.2 Å². The van der Waals surface area contributed by atoms with E-state index in [9.17, 15) is 13.9 Å². The van der Waals surface area contributed by atoms with E-state index < -0.39 is 5.54 Å². The fourth-order valence-corrected chi connectivity index (χ4v) is 2.08. The van der Waals surface area contributed by atoms with Gasteiger partial charge in [0.2, 0.25) is 0 Å². The van der Waals surface area contributed by atoms with Crippen molar-refractivity contribution in [3.8, 4) is 0 Å². The third-order valence-electron chi connectivity index (χ3n) is 3.17. The summed E-state index contributed by atoms with van der Waals surface area (Å²) in [4.78, 5) is 0. The van der Waals surface area contributed by atoms with E-state index in [4.69, 9.17) is 0 Å². The first-order chi connectivity index (χ1) is 9.52. The lowest BCUT2D eigenvalue weighted by molar-refractivity contribution is 0.221. The van der Waals surface area contributed by atoms with Gasteiger partial charge in [0.15, 0.2) is 0 Å². The summed E-state index contributed by atoms with van der Waals surface area (Å²) in [7, 11) is 0. The van der Waals surface area contributed by atoms with E-state index in [-0.39, 0.29) is 18.2 Å². The third kappa shape index (κ3) is 3.54. The van der Waals surface area contributed by atoms with Crippen LogP contribution >= 0.6 is 0 Å². The van der Waals surface area contributed by atoms with E-state index in [0.717, 1.165) is 5.56 Å². The van der Waals surface area contributed by atoms with Gasteiger partial charge in [-0.2, -0.15) is 0 Å². The summed E-state index contributed by atoms with van der Waals surface area (Å²) in [6.45, 7) is 1.63. The van der Waals surface area contributed by atoms with Crippen LogP contribution in [0.5, 0.6) is 0 Å². The van der Waals surface area contributed by atoms with Crippen molar-refractivity contribution in [2.45, 2.75) is 18.9 Å². The summed E-state index contributed by atoms with van der Waals surface area (Å²) >= 11 is 0. The minimum absolute atomic E-state index is 0.168. The molecular weight excluding hydrogens is 260 g/mol. The first kappa shape index (κ1) is 14.5. The molecule has 0 amide bonds. The molecule has 2 aromatic carbocycles. The van der Waals surface area contributed by atoms with E-state index in [2.05, 4.69) is 5.32 Å². The fraction of sp³-hybridized carbons (Fsp3) is 0.250. The molecule has 0 saturated heterocycles. The van der Waals surface area contributed by atoms with E-state index in [1.807, 2.05) is 0 Å². The summed E-state index contributed by atoms with van der Waals surface area (Å²) in [5.41, 5.74) is 0.484. The van der Waals surface area contributed by atoms with Crippen molar-refractivity contribution in [2.75, 3.05) is 11.9 Å². The summed E-state index contributed by atoms with van der Waals surface area (Å²) < 4.78 is 26.5. The van der Waals surface area contributed by atoms with Crippen molar-refractivity contribution >= 4 is 5.69 Å². The zero-order chi connectivity index (χ0) is 14.6. The summed E-state index contributed by atoms with van der Waals surface area (Å²) in [5.74, 6) is -0.673. The third-order valence-corrected chi connectivity index (χ3v) is 3.17. The van der Waals surface area contributed by atoms with Crippen LogP contribution in [0, 0.1) is 11.6 Å². The smallest absolute Gasteiger partial charge is 0.146 e. The van der Waals surface area contributed by atoms with Crippen LogP contribution in [0.1, 0.15) is 12.5 Å². The average molecular weight is 277 g/mol. The van der Waals surface area contributed by atoms with E-state index >= 15 is 0 Å². The van der Waals surface area contributed by atoms with Crippen LogP contribution in [0.3, 0.4) is 0 Å². The Kier molecular flexibility index (Phi) is 4.35. The Morgan fingerprint density at radius 3 is 2.30 bits per heavy atom. The number of para-hydroxylation sites is 1. The maximum atomic E-state index is 13.7. The lowest BCUT2D eigenvalue weighted by atomic mass is 9.93. The number of hydrogen-bond donors (Lipinski definition) is 2. The van der Waals surface area contributed by atoms with Crippen LogP contribution in [-0.2, 0) is 6.42 Å². The van der Waals surface area contributed by atoms with E-state index in [0.29, 0.717) is 12.1 Å². The lowest BCUT2D eigenvalue weighted by Crippen LogP contribution is -2.41. The Labute approximate surface area is 117 Å². The molecule has 0 aromatic heterocycles. The number of aliphatic hydroxyl groups excluding tert-OH is 1. The van der Waals surface area contributed by atoms with Crippen LogP contribution < -0.4 is 5.32 Å². The average Bonchev–Trinajstić information content (AvgIpc) is 2.44. The van der Waals surface area contributed by atoms with Crippen LogP contribution in [0.2, 0.25) is 0 Å². The Bertz CT molecular complexity index is 571. The molecule has 106 valence electrons. The molecule has 0 saturated carbocycles. The van der Waals surface area contributed by atoms with Crippen molar-refractivity contribution < 1.29 is 13.9 Å². The van der Waals surface area contributed by atoms with Gasteiger partial charge in [-0.15, -0.1) is 0 Å². The van der Waals surface area contributed by atoms with E-state index in [1.165, 1.54) is 18.2 Å². The maximum Gasteiger partial charge on any atom is 0.146 e. The molecule has 0 heterocycles. The first-order valence-electron chi connectivity index (χ1n) is 6.40. The normalized spacial score (nSPS) is 13.8. The molecule has 2 N–H and O–H groups in total. The molecule has 1 unspecified atom stereocenters. The van der Waals surface area contributed by atoms with Crippen molar-refractivity contribution in [1.29, 1.82) is 0 Å². The number of aliphatic hydroxyl groups is 1. The molecule has 2 nitrogen and oxygen atoms in total.